The molecule has 1 radical (unpaired) electrons. The van der Waals surface area contributed by atoms with Crippen molar-refractivity contribution in [3.05, 3.63) is 40.9 Å². The van der Waals surface area contributed by atoms with Gasteiger partial charge in [0.15, 0.2) is 0 Å². The SMILES string of the molecule is Fc1ccc(F)c(C=[C]Cl)c1. The average molecular weight is 174 g/mol. The second-order valence-electron chi connectivity index (χ2n) is 1.92. The van der Waals surface area contributed by atoms with Crippen LogP contribution in [0.2, 0.25) is 0 Å². The van der Waals surface area contributed by atoms with E-state index in [-0.39, 0.29) is 5.56 Å². The van der Waals surface area contributed by atoms with E-state index in [1.165, 1.54) is 6.08 Å². The molecule has 0 bridgehead atoms. The summed E-state index contributed by atoms with van der Waals surface area (Å²) in [5.74, 6) is -1.01. The van der Waals surface area contributed by atoms with Crippen LogP contribution in [-0.4, -0.2) is 0 Å². The lowest BCUT2D eigenvalue weighted by molar-refractivity contribution is 0.598. The zero-order chi connectivity index (χ0) is 8.27. The van der Waals surface area contributed by atoms with Crippen LogP contribution in [0.25, 0.3) is 6.08 Å². The van der Waals surface area contributed by atoms with Gasteiger partial charge < -0.3 is 0 Å². The maximum Gasteiger partial charge on any atom is 0.130 e. The molecule has 0 nitrogen and oxygen atoms in total. The molecule has 0 aliphatic rings. The van der Waals surface area contributed by atoms with Crippen LogP contribution in [0.5, 0.6) is 0 Å². The maximum absolute atomic E-state index is 12.7. The summed E-state index contributed by atoms with van der Waals surface area (Å²) in [6.07, 6.45) is 1.17. The molecule has 0 heterocycles. The topological polar surface area (TPSA) is 0 Å². The van der Waals surface area contributed by atoms with Crippen molar-refractivity contribution < 1.29 is 8.78 Å². The van der Waals surface area contributed by atoms with Crippen LogP contribution in [-0.2, 0) is 0 Å². The van der Waals surface area contributed by atoms with Crippen LogP contribution in [0.1, 0.15) is 5.56 Å². The van der Waals surface area contributed by atoms with Crippen molar-refractivity contribution in [1.82, 2.24) is 0 Å². The van der Waals surface area contributed by atoms with Crippen molar-refractivity contribution in [1.29, 1.82) is 0 Å². The molecule has 0 aliphatic carbocycles. The number of hydrogen-bond donors (Lipinski definition) is 0. The predicted molar refractivity (Wildman–Crippen MR) is 39.9 cm³/mol. The van der Waals surface area contributed by atoms with Crippen LogP contribution in [0, 0.1) is 17.2 Å². The molecule has 3 heteroatoms. The highest BCUT2D eigenvalue weighted by atomic mass is 35.5. The molecule has 0 aliphatic heterocycles. The molecule has 11 heavy (non-hydrogen) atoms. The van der Waals surface area contributed by atoms with Gasteiger partial charge in [-0.1, -0.05) is 11.6 Å². The minimum absolute atomic E-state index is 0.0972. The summed E-state index contributed by atoms with van der Waals surface area (Å²) < 4.78 is 25.1. The highest BCUT2D eigenvalue weighted by molar-refractivity contribution is 6.23. The first kappa shape index (κ1) is 8.21. The van der Waals surface area contributed by atoms with Gasteiger partial charge in [-0.15, -0.1) is 0 Å². The first-order valence-electron chi connectivity index (χ1n) is 2.88. The smallest absolute Gasteiger partial charge is 0.130 e. The van der Waals surface area contributed by atoms with E-state index in [4.69, 9.17) is 11.6 Å². The van der Waals surface area contributed by atoms with Gasteiger partial charge in [-0.25, -0.2) is 8.78 Å². The van der Waals surface area contributed by atoms with Crippen LogP contribution >= 0.6 is 11.6 Å². The fourth-order valence-corrected chi connectivity index (χ4v) is 0.802. The lowest BCUT2D eigenvalue weighted by Gasteiger charge is -1.94. The number of rotatable bonds is 1. The van der Waals surface area contributed by atoms with Crippen molar-refractivity contribution >= 4 is 17.7 Å². The highest BCUT2D eigenvalue weighted by Gasteiger charge is 1.98. The quantitative estimate of drug-likeness (QED) is 0.613. The van der Waals surface area contributed by atoms with E-state index in [1.807, 2.05) is 0 Å². The molecule has 1 rings (SSSR count). The summed E-state index contributed by atoms with van der Waals surface area (Å²) in [6.45, 7) is 0. The van der Waals surface area contributed by atoms with Gasteiger partial charge >= 0.3 is 0 Å². The summed E-state index contributed by atoms with van der Waals surface area (Å²) in [6, 6.07) is 3.13. The monoisotopic (exact) mass is 173 g/mol. The van der Waals surface area contributed by atoms with Gasteiger partial charge in [0.05, 0.1) is 5.54 Å². The van der Waals surface area contributed by atoms with E-state index in [0.29, 0.717) is 0 Å². The number of halogens is 3. The van der Waals surface area contributed by atoms with E-state index in [0.717, 1.165) is 18.2 Å². The second-order valence-corrected chi connectivity index (χ2v) is 2.14. The van der Waals surface area contributed by atoms with Gasteiger partial charge in [0.1, 0.15) is 11.6 Å². The van der Waals surface area contributed by atoms with Crippen molar-refractivity contribution in [3.8, 4) is 0 Å². The van der Waals surface area contributed by atoms with Crippen molar-refractivity contribution in [2.24, 2.45) is 0 Å². The lowest BCUT2D eigenvalue weighted by Crippen LogP contribution is -1.82. The summed E-state index contributed by atoms with van der Waals surface area (Å²) >= 11 is 5.07. The third-order valence-electron chi connectivity index (χ3n) is 1.17. The summed E-state index contributed by atoms with van der Waals surface area (Å²) in [5, 5.41) is 0. The third-order valence-corrected chi connectivity index (χ3v) is 1.28. The zero-order valence-electron chi connectivity index (χ0n) is 5.44. The molecule has 57 valence electrons. The van der Waals surface area contributed by atoms with E-state index < -0.39 is 11.6 Å². The molecule has 1 aromatic rings. The van der Waals surface area contributed by atoms with Gasteiger partial charge in [-0.2, -0.15) is 0 Å². The molecular formula is C8H4ClF2. The molecule has 1 aromatic carbocycles. The molecule has 0 amide bonds. The molecule has 0 aromatic heterocycles. The second kappa shape index (κ2) is 3.49. The van der Waals surface area contributed by atoms with Gasteiger partial charge in [-0.05, 0) is 24.3 Å². The Bertz CT molecular complexity index is 281. The maximum atomic E-state index is 12.7. The van der Waals surface area contributed by atoms with Gasteiger partial charge in [-0.3, -0.25) is 0 Å². The highest BCUT2D eigenvalue weighted by Crippen LogP contribution is 2.11. The predicted octanol–water partition coefficient (Wildman–Crippen LogP) is 2.98. The lowest BCUT2D eigenvalue weighted by atomic mass is 10.2. The largest absolute Gasteiger partial charge is 0.207 e. The molecule has 0 N–H and O–H groups in total. The van der Waals surface area contributed by atoms with E-state index in [1.54, 1.807) is 0 Å². The minimum atomic E-state index is -0.514. The van der Waals surface area contributed by atoms with Gasteiger partial charge in [0, 0.05) is 5.56 Å². The first-order valence-corrected chi connectivity index (χ1v) is 3.26. The van der Waals surface area contributed by atoms with Crippen molar-refractivity contribution in [2.75, 3.05) is 0 Å². The molecule has 0 fully saturated rings. The summed E-state index contributed by atoms with van der Waals surface area (Å²) in [4.78, 5) is 0. The van der Waals surface area contributed by atoms with Crippen LogP contribution < -0.4 is 0 Å². The van der Waals surface area contributed by atoms with E-state index in [9.17, 15) is 8.78 Å². The van der Waals surface area contributed by atoms with Gasteiger partial charge in [0.2, 0.25) is 0 Å². The Morgan fingerprint density at radius 3 is 2.73 bits per heavy atom. The first-order chi connectivity index (χ1) is 5.24. The Morgan fingerprint density at radius 2 is 2.09 bits per heavy atom. The van der Waals surface area contributed by atoms with E-state index >= 15 is 0 Å². The van der Waals surface area contributed by atoms with E-state index in [2.05, 4.69) is 5.54 Å². The van der Waals surface area contributed by atoms with Gasteiger partial charge in [0.25, 0.3) is 0 Å². The number of benzene rings is 1. The molecule has 0 spiro atoms. The molecule has 0 atom stereocenters. The summed E-state index contributed by atoms with van der Waals surface area (Å²) in [7, 11) is 0. The molecule has 0 saturated heterocycles. The fourth-order valence-electron chi connectivity index (χ4n) is 0.684. The normalized spacial score (nSPS) is 10.8. The summed E-state index contributed by atoms with van der Waals surface area (Å²) in [5.41, 5.74) is 2.19. The Labute approximate surface area is 68.1 Å². The Kier molecular flexibility index (Phi) is 2.60. The minimum Gasteiger partial charge on any atom is -0.207 e. The Hall–Kier alpha value is -0.890. The molecule has 0 saturated carbocycles. The third kappa shape index (κ3) is 2.02. The van der Waals surface area contributed by atoms with Crippen molar-refractivity contribution in [2.45, 2.75) is 0 Å². The standard InChI is InChI=1S/C8H4ClF2/c9-4-3-6-5-7(10)1-2-8(6)11/h1-3,5H. The Balaban J connectivity index is 3.12. The Morgan fingerprint density at radius 1 is 1.36 bits per heavy atom. The zero-order valence-corrected chi connectivity index (χ0v) is 6.20. The number of hydrogen-bond acceptors (Lipinski definition) is 0. The average Bonchev–Trinajstić information content (AvgIpc) is 1.98. The molecular weight excluding hydrogens is 170 g/mol. The fraction of sp³-hybridized carbons (Fsp3) is 0. The molecule has 0 unspecified atom stereocenters. The van der Waals surface area contributed by atoms with Crippen LogP contribution in [0.4, 0.5) is 8.78 Å². The van der Waals surface area contributed by atoms with Crippen LogP contribution in [0.15, 0.2) is 18.2 Å². The van der Waals surface area contributed by atoms with Crippen molar-refractivity contribution in [3.63, 3.8) is 0 Å². The van der Waals surface area contributed by atoms with Crippen LogP contribution in [0.3, 0.4) is 0 Å².